The quantitative estimate of drug-likeness (QED) is 0.798. The molecule has 3 rings (SSSR count). The molecule has 0 radical (unpaired) electrons. The highest BCUT2D eigenvalue weighted by atomic mass is 16.4. The highest BCUT2D eigenvalue weighted by Gasteiger charge is 2.23. The van der Waals surface area contributed by atoms with Crippen LogP contribution in [0.25, 0.3) is 11.1 Å². The molecule has 0 aliphatic heterocycles. The number of amides is 1. The van der Waals surface area contributed by atoms with Crippen LogP contribution in [0.3, 0.4) is 0 Å². The number of hydrogen-bond donors (Lipinski definition) is 2. The monoisotopic (exact) mass is 261 g/mol. The lowest BCUT2D eigenvalue weighted by Gasteiger charge is -2.04. The van der Waals surface area contributed by atoms with Gasteiger partial charge in [-0.25, -0.2) is 4.79 Å². The van der Waals surface area contributed by atoms with Gasteiger partial charge in [-0.1, -0.05) is 0 Å². The van der Waals surface area contributed by atoms with Gasteiger partial charge in [-0.15, -0.1) is 0 Å². The molecule has 1 heterocycles. The summed E-state index contributed by atoms with van der Waals surface area (Å²) in [6, 6.07) is 5.38. The first-order chi connectivity index (χ1) is 9.13. The summed E-state index contributed by atoms with van der Waals surface area (Å²) < 4.78 is 6.56. The van der Waals surface area contributed by atoms with E-state index < -0.39 is 5.76 Å². The normalized spacial score (nSPS) is 14.7. The predicted molar refractivity (Wildman–Crippen MR) is 70.7 cm³/mol. The van der Waals surface area contributed by atoms with Gasteiger partial charge in [0.25, 0.3) is 0 Å². The smallest absolute Gasteiger partial charge is 0.408 e. The lowest BCUT2D eigenvalue weighted by molar-refractivity contribution is -0.121. The molecule has 6 heteroatoms. The molecular weight excluding hydrogens is 246 g/mol. The van der Waals surface area contributed by atoms with Crippen LogP contribution in [-0.4, -0.2) is 16.5 Å². The van der Waals surface area contributed by atoms with Crippen LogP contribution in [-0.2, 0) is 11.3 Å². The number of nitrogens with one attached hydrogen (secondary N) is 1. The Labute approximate surface area is 109 Å². The highest BCUT2D eigenvalue weighted by molar-refractivity contribution is 5.78. The SMILES string of the molecule is Nc1ccc2c(c1)oc(=O)n2CCC(=O)NC1CC1. The number of hydrogen-bond acceptors (Lipinski definition) is 4. The van der Waals surface area contributed by atoms with E-state index in [2.05, 4.69) is 5.32 Å². The average molecular weight is 261 g/mol. The standard InChI is InChI=1S/C13H15N3O3/c14-8-1-4-10-11(7-8)19-13(18)16(10)6-5-12(17)15-9-2-3-9/h1,4,7,9H,2-3,5-6,14H2,(H,15,17). The number of benzene rings is 1. The largest absolute Gasteiger partial charge is 0.419 e. The zero-order chi connectivity index (χ0) is 13.4. The Morgan fingerprint density at radius 2 is 2.26 bits per heavy atom. The second-order valence-corrected chi connectivity index (χ2v) is 4.84. The molecule has 3 N–H and O–H groups in total. The van der Waals surface area contributed by atoms with Gasteiger partial charge in [-0.3, -0.25) is 9.36 Å². The van der Waals surface area contributed by atoms with Crippen LogP contribution in [0.4, 0.5) is 5.69 Å². The van der Waals surface area contributed by atoms with Gasteiger partial charge in [0.1, 0.15) is 0 Å². The van der Waals surface area contributed by atoms with Crippen LogP contribution < -0.4 is 16.8 Å². The molecular formula is C13H15N3O3. The fraction of sp³-hybridized carbons (Fsp3) is 0.385. The van der Waals surface area contributed by atoms with E-state index in [0.717, 1.165) is 12.8 Å². The highest BCUT2D eigenvalue weighted by Crippen LogP contribution is 2.19. The molecule has 1 aliphatic rings. The molecule has 0 bridgehead atoms. The Kier molecular flexibility index (Phi) is 2.77. The molecule has 6 nitrogen and oxygen atoms in total. The summed E-state index contributed by atoms with van der Waals surface area (Å²) in [7, 11) is 0. The Morgan fingerprint density at radius 1 is 1.47 bits per heavy atom. The molecule has 1 fully saturated rings. The number of nitrogen functional groups attached to an aromatic ring is 1. The minimum atomic E-state index is -0.458. The molecule has 1 saturated carbocycles. The minimum Gasteiger partial charge on any atom is -0.408 e. The van der Waals surface area contributed by atoms with E-state index >= 15 is 0 Å². The molecule has 2 aromatic rings. The number of aromatic nitrogens is 1. The molecule has 0 saturated heterocycles. The first-order valence-electron chi connectivity index (χ1n) is 6.32. The van der Waals surface area contributed by atoms with E-state index in [1.54, 1.807) is 18.2 Å². The summed E-state index contributed by atoms with van der Waals surface area (Å²) in [5.41, 5.74) is 7.29. The Hall–Kier alpha value is -2.24. The van der Waals surface area contributed by atoms with Crippen molar-refractivity contribution in [3.8, 4) is 0 Å². The summed E-state index contributed by atoms with van der Waals surface area (Å²) in [6.07, 6.45) is 2.38. The topological polar surface area (TPSA) is 90.3 Å². The van der Waals surface area contributed by atoms with Crippen molar-refractivity contribution < 1.29 is 9.21 Å². The number of fused-ring (bicyclic) bond motifs is 1. The van der Waals surface area contributed by atoms with Gasteiger partial charge in [0, 0.05) is 30.8 Å². The van der Waals surface area contributed by atoms with Gasteiger partial charge in [-0.2, -0.15) is 0 Å². The Bertz CT molecular complexity index is 682. The van der Waals surface area contributed by atoms with Crippen LogP contribution in [0, 0.1) is 0 Å². The first-order valence-corrected chi connectivity index (χ1v) is 6.32. The third-order valence-electron chi connectivity index (χ3n) is 3.20. The molecule has 0 spiro atoms. The molecule has 0 atom stereocenters. The maximum atomic E-state index is 11.7. The average Bonchev–Trinajstić information content (AvgIpc) is 3.10. The van der Waals surface area contributed by atoms with Crippen LogP contribution in [0.2, 0.25) is 0 Å². The second-order valence-electron chi connectivity index (χ2n) is 4.84. The molecule has 1 aromatic carbocycles. The van der Waals surface area contributed by atoms with Crippen molar-refractivity contribution in [1.29, 1.82) is 0 Å². The van der Waals surface area contributed by atoms with Gasteiger partial charge < -0.3 is 15.5 Å². The van der Waals surface area contributed by atoms with E-state index in [1.807, 2.05) is 0 Å². The van der Waals surface area contributed by atoms with Crippen LogP contribution >= 0.6 is 0 Å². The maximum Gasteiger partial charge on any atom is 0.419 e. The van der Waals surface area contributed by atoms with Crippen LogP contribution in [0.1, 0.15) is 19.3 Å². The lowest BCUT2D eigenvalue weighted by atomic mass is 10.3. The Balaban J connectivity index is 1.78. The maximum absolute atomic E-state index is 11.7. The molecule has 1 aliphatic carbocycles. The first kappa shape index (κ1) is 11.8. The van der Waals surface area contributed by atoms with E-state index in [0.29, 0.717) is 29.4 Å². The fourth-order valence-electron chi connectivity index (χ4n) is 2.04. The zero-order valence-corrected chi connectivity index (χ0v) is 10.4. The summed E-state index contributed by atoms with van der Waals surface area (Å²) >= 11 is 0. The van der Waals surface area contributed by atoms with Gasteiger partial charge in [0.2, 0.25) is 5.91 Å². The molecule has 0 unspecified atom stereocenters. The van der Waals surface area contributed by atoms with E-state index in [1.165, 1.54) is 4.57 Å². The fourth-order valence-corrected chi connectivity index (χ4v) is 2.04. The molecule has 19 heavy (non-hydrogen) atoms. The van der Waals surface area contributed by atoms with Gasteiger partial charge in [0.15, 0.2) is 5.58 Å². The van der Waals surface area contributed by atoms with E-state index in [-0.39, 0.29) is 12.3 Å². The zero-order valence-electron chi connectivity index (χ0n) is 10.4. The number of nitrogens with two attached hydrogens (primary N) is 1. The van der Waals surface area contributed by atoms with E-state index in [9.17, 15) is 9.59 Å². The van der Waals surface area contributed by atoms with Gasteiger partial charge in [0.05, 0.1) is 5.52 Å². The van der Waals surface area contributed by atoms with Crippen molar-refractivity contribution in [2.45, 2.75) is 31.8 Å². The molecule has 1 amide bonds. The number of carbonyl (C=O) groups excluding carboxylic acids is 1. The van der Waals surface area contributed by atoms with Crippen LogP contribution in [0.15, 0.2) is 27.4 Å². The summed E-state index contributed by atoms with van der Waals surface area (Å²) in [5, 5.41) is 2.89. The van der Waals surface area contributed by atoms with Crippen molar-refractivity contribution in [3.63, 3.8) is 0 Å². The number of oxazole rings is 1. The number of carbonyl (C=O) groups is 1. The minimum absolute atomic E-state index is 0.0285. The summed E-state index contributed by atoms with van der Waals surface area (Å²) in [6.45, 7) is 0.314. The van der Waals surface area contributed by atoms with Gasteiger partial charge >= 0.3 is 5.76 Å². The van der Waals surface area contributed by atoms with Crippen molar-refractivity contribution in [1.82, 2.24) is 9.88 Å². The Morgan fingerprint density at radius 3 is 3.00 bits per heavy atom. The van der Waals surface area contributed by atoms with Gasteiger partial charge in [-0.05, 0) is 25.0 Å². The molecule has 100 valence electrons. The van der Waals surface area contributed by atoms with E-state index in [4.69, 9.17) is 10.2 Å². The number of nitrogens with zero attached hydrogens (tertiary/aromatic N) is 1. The van der Waals surface area contributed by atoms with Crippen molar-refractivity contribution in [2.24, 2.45) is 0 Å². The number of anilines is 1. The number of aryl methyl sites for hydroxylation is 1. The summed E-state index contributed by atoms with van der Waals surface area (Å²) in [5.74, 6) is -0.487. The predicted octanol–water partition coefficient (Wildman–Crippen LogP) is 0.845. The van der Waals surface area contributed by atoms with Crippen LogP contribution in [0.5, 0.6) is 0 Å². The molecule has 1 aromatic heterocycles. The van der Waals surface area contributed by atoms with Crippen molar-refractivity contribution in [2.75, 3.05) is 5.73 Å². The summed E-state index contributed by atoms with van der Waals surface area (Å²) in [4.78, 5) is 23.3. The second kappa shape index (κ2) is 4.46. The third kappa shape index (κ3) is 2.47. The van der Waals surface area contributed by atoms with Crippen molar-refractivity contribution >= 4 is 22.7 Å². The van der Waals surface area contributed by atoms with Crippen molar-refractivity contribution in [3.05, 3.63) is 28.7 Å². The number of rotatable bonds is 4. The third-order valence-corrected chi connectivity index (χ3v) is 3.20. The lowest BCUT2D eigenvalue weighted by Crippen LogP contribution is -2.27.